The Labute approximate surface area is 109 Å². The summed E-state index contributed by atoms with van der Waals surface area (Å²) in [6.07, 6.45) is 4.32. The van der Waals surface area contributed by atoms with Crippen LogP contribution in [-0.4, -0.2) is 27.8 Å². The molecule has 0 saturated heterocycles. The molecule has 0 amide bonds. The molecule has 102 valence electrons. The van der Waals surface area contributed by atoms with Crippen molar-refractivity contribution in [2.45, 2.75) is 58.9 Å². The van der Waals surface area contributed by atoms with E-state index in [1.807, 2.05) is 13.8 Å². The minimum Gasteiger partial charge on any atom is -0.467 e. The normalized spacial score (nSPS) is 12.4. The van der Waals surface area contributed by atoms with Gasteiger partial charge in [0.1, 0.15) is 5.82 Å². The first-order chi connectivity index (χ1) is 8.67. The summed E-state index contributed by atoms with van der Waals surface area (Å²) in [5.41, 5.74) is 0. The van der Waals surface area contributed by atoms with Gasteiger partial charge in [0.25, 0.3) is 0 Å². The van der Waals surface area contributed by atoms with Crippen LogP contribution in [0.15, 0.2) is 0 Å². The zero-order chi connectivity index (χ0) is 13.5. The number of hydrogen-bond acceptors (Lipinski definition) is 4. The van der Waals surface area contributed by atoms with Gasteiger partial charge in [0.05, 0.1) is 7.11 Å². The highest BCUT2D eigenvalue weighted by atomic mass is 16.5. The lowest BCUT2D eigenvalue weighted by atomic mass is 10.1. The predicted octanol–water partition coefficient (Wildman–Crippen LogP) is 2.31. The largest absolute Gasteiger partial charge is 0.467 e. The fraction of sp³-hybridized carbons (Fsp3) is 0.769. The van der Waals surface area contributed by atoms with Gasteiger partial charge in [0.15, 0.2) is 11.9 Å². The van der Waals surface area contributed by atoms with E-state index in [1.165, 1.54) is 7.11 Å². The van der Waals surface area contributed by atoms with Gasteiger partial charge in [0, 0.05) is 12.8 Å². The summed E-state index contributed by atoms with van der Waals surface area (Å²) in [4.78, 5) is 16.3. The highest BCUT2D eigenvalue weighted by Gasteiger charge is 2.24. The molecule has 0 aromatic carbocycles. The summed E-state index contributed by atoms with van der Waals surface area (Å²) in [5, 5.41) is 4.43. The third kappa shape index (κ3) is 3.31. The molecule has 5 nitrogen and oxygen atoms in total. The van der Waals surface area contributed by atoms with Crippen LogP contribution in [0.25, 0.3) is 0 Å². The summed E-state index contributed by atoms with van der Waals surface area (Å²) < 4.78 is 6.63. The zero-order valence-corrected chi connectivity index (χ0v) is 11.8. The van der Waals surface area contributed by atoms with Crippen molar-refractivity contribution < 1.29 is 9.53 Å². The van der Waals surface area contributed by atoms with Crippen molar-refractivity contribution in [1.29, 1.82) is 0 Å². The molecule has 0 aliphatic rings. The lowest BCUT2D eigenvalue weighted by Gasteiger charge is -2.16. The summed E-state index contributed by atoms with van der Waals surface area (Å²) in [6, 6.07) is -0.335. The van der Waals surface area contributed by atoms with Gasteiger partial charge in [-0.1, -0.05) is 33.6 Å². The van der Waals surface area contributed by atoms with Crippen molar-refractivity contribution in [1.82, 2.24) is 14.8 Å². The Balaban J connectivity index is 3.02. The van der Waals surface area contributed by atoms with Crippen molar-refractivity contribution in [3.8, 4) is 0 Å². The molecule has 5 heteroatoms. The standard InChI is InChI=1S/C13H23N3O2/c1-5-8-9-10(13(17)18-4)16-12(7-3)14-11(6-2)15-16/h10H,5-9H2,1-4H3. The van der Waals surface area contributed by atoms with Crippen molar-refractivity contribution in [3.63, 3.8) is 0 Å². The molecule has 0 radical (unpaired) electrons. The molecule has 1 aromatic heterocycles. The molecular formula is C13H23N3O2. The highest BCUT2D eigenvalue weighted by Crippen LogP contribution is 2.18. The molecule has 1 unspecified atom stereocenters. The Bertz CT molecular complexity index is 388. The van der Waals surface area contributed by atoms with Crippen LogP contribution >= 0.6 is 0 Å². The molecule has 18 heavy (non-hydrogen) atoms. The first kappa shape index (κ1) is 14.7. The van der Waals surface area contributed by atoms with Gasteiger partial charge >= 0.3 is 5.97 Å². The lowest BCUT2D eigenvalue weighted by Crippen LogP contribution is -2.24. The molecule has 0 aliphatic carbocycles. The second kappa shape index (κ2) is 7.13. The van der Waals surface area contributed by atoms with Gasteiger partial charge in [0.2, 0.25) is 0 Å². The fourth-order valence-corrected chi connectivity index (χ4v) is 1.92. The highest BCUT2D eigenvalue weighted by molar-refractivity contribution is 5.73. The molecular weight excluding hydrogens is 230 g/mol. The van der Waals surface area contributed by atoms with E-state index >= 15 is 0 Å². The van der Waals surface area contributed by atoms with Gasteiger partial charge in [-0.3, -0.25) is 0 Å². The Kier molecular flexibility index (Phi) is 5.82. The quantitative estimate of drug-likeness (QED) is 0.700. The summed E-state index contributed by atoms with van der Waals surface area (Å²) in [7, 11) is 1.42. The molecule has 1 rings (SSSR count). The number of rotatable bonds is 7. The number of hydrogen-bond donors (Lipinski definition) is 0. The van der Waals surface area contributed by atoms with E-state index in [4.69, 9.17) is 4.74 Å². The van der Waals surface area contributed by atoms with Crippen molar-refractivity contribution >= 4 is 5.97 Å². The van der Waals surface area contributed by atoms with Crippen LogP contribution in [0.4, 0.5) is 0 Å². The third-order valence-corrected chi connectivity index (χ3v) is 2.98. The second-order valence-corrected chi connectivity index (χ2v) is 4.28. The van der Waals surface area contributed by atoms with Crippen LogP contribution in [0.1, 0.15) is 57.7 Å². The second-order valence-electron chi connectivity index (χ2n) is 4.28. The first-order valence-electron chi connectivity index (χ1n) is 6.69. The van der Waals surface area contributed by atoms with Crippen LogP contribution in [0, 0.1) is 0 Å². The van der Waals surface area contributed by atoms with E-state index in [9.17, 15) is 4.79 Å². The maximum Gasteiger partial charge on any atom is 0.330 e. The Morgan fingerprint density at radius 2 is 2.06 bits per heavy atom. The smallest absolute Gasteiger partial charge is 0.330 e. The van der Waals surface area contributed by atoms with Crippen molar-refractivity contribution in [2.24, 2.45) is 0 Å². The number of aryl methyl sites for hydroxylation is 2. The maximum absolute atomic E-state index is 11.9. The zero-order valence-electron chi connectivity index (χ0n) is 11.8. The SMILES string of the molecule is CCCCC(C(=O)OC)n1nc(CC)nc1CC. The average Bonchev–Trinajstić information content (AvgIpc) is 2.82. The van der Waals surface area contributed by atoms with E-state index in [0.717, 1.165) is 43.8 Å². The summed E-state index contributed by atoms with van der Waals surface area (Å²) >= 11 is 0. The molecule has 0 spiro atoms. The lowest BCUT2D eigenvalue weighted by molar-refractivity contribution is -0.145. The molecule has 0 saturated carbocycles. The third-order valence-electron chi connectivity index (χ3n) is 2.98. The fourth-order valence-electron chi connectivity index (χ4n) is 1.92. The van der Waals surface area contributed by atoms with Crippen molar-refractivity contribution in [2.75, 3.05) is 7.11 Å². The number of esters is 1. The van der Waals surface area contributed by atoms with Gasteiger partial charge in [-0.25, -0.2) is 14.5 Å². The summed E-state index contributed by atoms with van der Waals surface area (Å²) in [5.74, 6) is 1.42. The minimum atomic E-state index is -0.335. The number of carbonyl (C=O) groups is 1. The van der Waals surface area contributed by atoms with Gasteiger partial charge in [-0.05, 0) is 6.42 Å². The van der Waals surface area contributed by atoms with Crippen LogP contribution in [-0.2, 0) is 22.4 Å². The Morgan fingerprint density at radius 3 is 2.56 bits per heavy atom. The first-order valence-corrected chi connectivity index (χ1v) is 6.69. The molecule has 0 aliphatic heterocycles. The Morgan fingerprint density at radius 1 is 1.33 bits per heavy atom. The summed E-state index contributed by atoms with van der Waals surface area (Å²) in [6.45, 7) is 6.14. The number of unbranched alkanes of at least 4 members (excludes halogenated alkanes) is 1. The van der Waals surface area contributed by atoms with Crippen LogP contribution < -0.4 is 0 Å². The minimum absolute atomic E-state index is 0.231. The van der Waals surface area contributed by atoms with Gasteiger partial charge in [-0.15, -0.1) is 0 Å². The van der Waals surface area contributed by atoms with E-state index in [2.05, 4.69) is 17.0 Å². The van der Waals surface area contributed by atoms with Crippen LogP contribution in [0.5, 0.6) is 0 Å². The molecule has 0 fully saturated rings. The number of ether oxygens (including phenoxy) is 1. The number of nitrogens with zero attached hydrogens (tertiary/aromatic N) is 3. The van der Waals surface area contributed by atoms with E-state index in [0.29, 0.717) is 0 Å². The molecule has 1 heterocycles. The molecule has 1 aromatic rings. The van der Waals surface area contributed by atoms with Gasteiger partial charge < -0.3 is 4.74 Å². The van der Waals surface area contributed by atoms with E-state index < -0.39 is 0 Å². The average molecular weight is 253 g/mol. The topological polar surface area (TPSA) is 57.0 Å². The monoisotopic (exact) mass is 253 g/mol. The van der Waals surface area contributed by atoms with E-state index in [-0.39, 0.29) is 12.0 Å². The van der Waals surface area contributed by atoms with Gasteiger partial charge in [-0.2, -0.15) is 5.10 Å². The molecule has 0 N–H and O–H groups in total. The van der Waals surface area contributed by atoms with E-state index in [1.54, 1.807) is 4.68 Å². The molecule has 1 atom stereocenters. The van der Waals surface area contributed by atoms with Crippen LogP contribution in [0.2, 0.25) is 0 Å². The number of carbonyl (C=O) groups excluding carboxylic acids is 1. The van der Waals surface area contributed by atoms with Crippen molar-refractivity contribution in [3.05, 3.63) is 11.6 Å². The number of methoxy groups -OCH3 is 1. The van der Waals surface area contributed by atoms with Crippen LogP contribution in [0.3, 0.4) is 0 Å². The maximum atomic E-state index is 11.9. The Hall–Kier alpha value is -1.39. The predicted molar refractivity (Wildman–Crippen MR) is 69.4 cm³/mol. The molecule has 0 bridgehead atoms. The number of aromatic nitrogens is 3.